The van der Waals surface area contributed by atoms with Crippen LogP contribution in [-0.4, -0.2) is 16.5 Å². The molecule has 1 aliphatic heterocycles. The van der Waals surface area contributed by atoms with Crippen molar-refractivity contribution in [2.75, 3.05) is 11.9 Å². The summed E-state index contributed by atoms with van der Waals surface area (Å²) in [6.45, 7) is 0.840. The minimum atomic E-state index is -0.467. The van der Waals surface area contributed by atoms with Gasteiger partial charge in [0.25, 0.3) is 5.56 Å². The van der Waals surface area contributed by atoms with Crippen molar-refractivity contribution in [3.63, 3.8) is 0 Å². The van der Waals surface area contributed by atoms with Crippen molar-refractivity contribution >= 4 is 16.6 Å². The average Bonchev–Trinajstić information content (AvgIpc) is 2.63. The molecule has 1 aliphatic rings. The second kappa shape index (κ2) is 2.73. The zero-order chi connectivity index (χ0) is 10.4. The highest BCUT2D eigenvalue weighted by Crippen LogP contribution is 2.27. The maximum atomic E-state index is 11.6. The molecule has 1 aromatic heterocycles. The third-order valence-corrected chi connectivity index (χ3v) is 2.69. The molecule has 76 valence electrons. The molecular formula is C10H9N3O2. The van der Waals surface area contributed by atoms with Crippen molar-refractivity contribution in [3.8, 4) is 0 Å². The van der Waals surface area contributed by atoms with Crippen molar-refractivity contribution in [1.82, 2.24) is 9.97 Å². The maximum absolute atomic E-state index is 11.6. The minimum absolute atomic E-state index is 0.333. The summed E-state index contributed by atoms with van der Waals surface area (Å²) in [5.41, 5.74) is 1.76. The summed E-state index contributed by atoms with van der Waals surface area (Å²) in [4.78, 5) is 27.6. The van der Waals surface area contributed by atoms with E-state index >= 15 is 0 Å². The summed E-state index contributed by atoms with van der Waals surface area (Å²) < 4.78 is 0. The van der Waals surface area contributed by atoms with Crippen molar-refractivity contribution in [1.29, 1.82) is 0 Å². The van der Waals surface area contributed by atoms with Gasteiger partial charge in [-0.3, -0.25) is 9.78 Å². The molecule has 3 rings (SSSR count). The topological polar surface area (TPSA) is 77.8 Å². The van der Waals surface area contributed by atoms with Gasteiger partial charge in [-0.2, -0.15) is 0 Å². The molecule has 0 saturated carbocycles. The van der Waals surface area contributed by atoms with E-state index in [0.717, 1.165) is 24.2 Å². The van der Waals surface area contributed by atoms with E-state index in [1.54, 1.807) is 6.07 Å². The Morgan fingerprint density at radius 2 is 2.00 bits per heavy atom. The standard InChI is InChI=1S/C10H9N3O2/c14-9-7-6(12-10(15)13-9)2-1-5-3-4-11-8(5)7/h1-2,11H,3-4H2,(H2,12,13,14,15). The van der Waals surface area contributed by atoms with Gasteiger partial charge < -0.3 is 10.3 Å². The fourth-order valence-electron chi connectivity index (χ4n) is 2.04. The first-order valence-electron chi connectivity index (χ1n) is 4.78. The minimum Gasteiger partial charge on any atom is -0.384 e. The van der Waals surface area contributed by atoms with Crippen molar-refractivity contribution in [2.24, 2.45) is 0 Å². The molecule has 0 saturated heterocycles. The first-order chi connectivity index (χ1) is 7.25. The van der Waals surface area contributed by atoms with Gasteiger partial charge >= 0.3 is 5.69 Å². The molecule has 1 aromatic carbocycles. The molecule has 0 unspecified atom stereocenters. The largest absolute Gasteiger partial charge is 0.384 e. The van der Waals surface area contributed by atoms with Crippen LogP contribution in [0.1, 0.15) is 5.56 Å². The van der Waals surface area contributed by atoms with Crippen molar-refractivity contribution < 1.29 is 0 Å². The third-order valence-electron chi connectivity index (χ3n) is 2.69. The number of benzene rings is 1. The molecule has 5 nitrogen and oxygen atoms in total. The van der Waals surface area contributed by atoms with Crippen LogP contribution in [0.3, 0.4) is 0 Å². The van der Waals surface area contributed by atoms with E-state index in [-0.39, 0.29) is 5.56 Å². The van der Waals surface area contributed by atoms with E-state index in [1.807, 2.05) is 6.07 Å². The molecular weight excluding hydrogens is 194 g/mol. The van der Waals surface area contributed by atoms with Crippen LogP contribution in [0.4, 0.5) is 5.69 Å². The number of rotatable bonds is 0. The average molecular weight is 203 g/mol. The molecule has 0 spiro atoms. The van der Waals surface area contributed by atoms with Gasteiger partial charge in [-0.25, -0.2) is 4.79 Å². The normalized spacial score (nSPS) is 13.9. The summed E-state index contributed by atoms with van der Waals surface area (Å²) in [5, 5.41) is 3.71. The number of hydrogen-bond acceptors (Lipinski definition) is 3. The second-order valence-corrected chi connectivity index (χ2v) is 3.61. The van der Waals surface area contributed by atoms with Gasteiger partial charge in [-0.1, -0.05) is 6.07 Å². The Morgan fingerprint density at radius 1 is 1.13 bits per heavy atom. The van der Waals surface area contributed by atoms with Crippen LogP contribution in [0, 0.1) is 0 Å². The zero-order valence-corrected chi connectivity index (χ0v) is 7.89. The zero-order valence-electron chi connectivity index (χ0n) is 7.89. The Morgan fingerprint density at radius 3 is 2.87 bits per heavy atom. The first-order valence-corrected chi connectivity index (χ1v) is 4.78. The smallest absolute Gasteiger partial charge is 0.326 e. The van der Waals surface area contributed by atoms with Crippen LogP contribution >= 0.6 is 0 Å². The highest BCUT2D eigenvalue weighted by atomic mass is 16.2. The predicted molar refractivity (Wildman–Crippen MR) is 57.4 cm³/mol. The number of hydrogen-bond donors (Lipinski definition) is 3. The van der Waals surface area contributed by atoms with E-state index in [4.69, 9.17) is 0 Å². The second-order valence-electron chi connectivity index (χ2n) is 3.61. The Bertz CT molecular complexity index is 654. The summed E-state index contributed by atoms with van der Waals surface area (Å²) in [5.74, 6) is 0. The van der Waals surface area contributed by atoms with Crippen LogP contribution in [0.25, 0.3) is 10.9 Å². The third kappa shape index (κ3) is 1.09. The Balaban J connectivity index is 2.56. The molecule has 0 aliphatic carbocycles. The SMILES string of the molecule is O=c1[nH]c(=O)c2c3c(ccc2[nH]1)CCN3. The van der Waals surface area contributed by atoms with Crippen LogP contribution in [0.5, 0.6) is 0 Å². The van der Waals surface area contributed by atoms with Crippen molar-refractivity contribution in [3.05, 3.63) is 38.5 Å². The number of fused-ring (bicyclic) bond motifs is 3. The molecule has 5 heteroatoms. The van der Waals surface area contributed by atoms with Crippen LogP contribution in [-0.2, 0) is 6.42 Å². The fraction of sp³-hybridized carbons (Fsp3) is 0.200. The van der Waals surface area contributed by atoms with Gasteiger partial charge in [0.2, 0.25) is 0 Å². The first kappa shape index (κ1) is 8.28. The van der Waals surface area contributed by atoms with E-state index < -0.39 is 5.69 Å². The lowest BCUT2D eigenvalue weighted by atomic mass is 10.1. The quantitative estimate of drug-likeness (QED) is 0.571. The van der Waals surface area contributed by atoms with E-state index in [1.165, 1.54) is 0 Å². The van der Waals surface area contributed by atoms with Gasteiger partial charge in [0.1, 0.15) is 0 Å². The lowest BCUT2D eigenvalue weighted by Crippen LogP contribution is -2.22. The highest BCUT2D eigenvalue weighted by molar-refractivity contribution is 5.93. The molecule has 0 atom stereocenters. The molecule has 0 radical (unpaired) electrons. The highest BCUT2D eigenvalue weighted by Gasteiger charge is 2.15. The fourth-order valence-corrected chi connectivity index (χ4v) is 2.04. The molecule has 2 aromatic rings. The van der Waals surface area contributed by atoms with Gasteiger partial charge in [-0.05, 0) is 18.1 Å². The van der Waals surface area contributed by atoms with Gasteiger partial charge in [-0.15, -0.1) is 0 Å². The van der Waals surface area contributed by atoms with Gasteiger partial charge in [0.15, 0.2) is 0 Å². The summed E-state index contributed by atoms with van der Waals surface area (Å²) in [7, 11) is 0. The lowest BCUT2D eigenvalue weighted by molar-refractivity contribution is 1.08. The van der Waals surface area contributed by atoms with Crippen molar-refractivity contribution in [2.45, 2.75) is 6.42 Å². The molecule has 0 amide bonds. The van der Waals surface area contributed by atoms with E-state index in [2.05, 4.69) is 15.3 Å². The number of nitrogens with one attached hydrogen (secondary N) is 3. The van der Waals surface area contributed by atoms with Crippen LogP contribution < -0.4 is 16.6 Å². The summed E-state index contributed by atoms with van der Waals surface area (Å²) >= 11 is 0. The summed E-state index contributed by atoms with van der Waals surface area (Å²) in [6, 6.07) is 3.71. The Hall–Kier alpha value is -2.04. The molecule has 0 bridgehead atoms. The van der Waals surface area contributed by atoms with Gasteiger partial charge in [0.05, 0.1) is 16.6 Å². The molecule has 3 N–H and O–H groups in total. The van der Waals surface area contributed by atoms with Crippen LogP contribution in [0.2, 0.25) is 0 Å². The number of anilines is 1. The van der Waals surface area contributed by atoms with Gasteiger partial charge in [0, 0.05) is 6.54 Å². The van der Waals surface area contributed by atoms with E-state index in [9.17, 15) is 9.59 Å². The predicted octanol–water partition coefficient (Wildman–Crippen LogP) is 0.184. The monoisotopic (exact) mass is 203 g/mol. The molecule has 0 fully saturated rings. The number of H-pyrrole nitrogens is 2. The summed E-state index contributed by atoms with van der Waals surface area (Å²) in [6.07, 6.45) is 0.920. The lowest BCUT2D eigenvalue weighted by Gasteiger charge is -2.03. The van der Waals surface area contributed by atoms with E-state index in [0.29, 0.717) is 10.9 Å². The molecule has 15 heavy (non-hydrogen) atoms. The number of aromatic amines is 2. The maximum Gasteiger partial charge on any atom is 0.326 e. The van der Waals surface area contributed by atoms with Crippen LogP contribution in [0.15, 0.2) is 21.7 Å². The molecule has 2 heterocycles. The Kier molecular flexibility index (Phi) is 1.50. The number of aromatic nitrogens is 2. The Labute approximate surface area is 84.1 Å².